The van der Waals surface area contributed by atoms with E-state index in [2.05, 4.69) is 48.5 Å². The molecule has 19 heavy (non-hydrogen) atoms. The lowest BCUT2D eigenvalue weighted by Gasteiger charge is -2.44. The van der Waals surface area contributed by atoms with Gasteiger partial charge in [0.05, 0.1) is 5.76 Å². The maximum Gasteiger partial charge on any atom is 0.258 e. The molecule has 0 aromatic carbocycles. The van der Waals surface area contributed by atoms with Gasteiger partial charge in [-0.1, -0.05) is 41.5 Å². The fraction of sp³-hybridized carbons (Fsp3) is 0.875. The van der Waals surface area contributed by atoms with E-state index in [1.54, 1.807) is 0 Å². The summed E-state index contributed by atoms with van der Waals surface area (Å²) in [4.78, 5) is 0. The van der Waals surface area contributed by atoms with Crippen LogP contribution in [-0.2, 0) is 4.43 Å². The molecule has 0 aromatic rings. The smallest absolute Gasteiger partial charge is 0.258 e. The van der Waals surface area contributed by atoms with Gasteiger partial charge in [-0.15, -0.1) is 0 Å². The van der Waals surface area contributed by atoms with Crippen LogP contribution >= 0.6 is 0 Å². The second kappa shape index (κ2) is 6.44. The maximum atomic E-state index is 6.78. The molecule has 1 aliphatic rings. The minimum absolute atomic E-state index is 0.210. The molecule has 2 nitrogen and oxygen atoms in total. The third-order valence-electron chi connectivity index (χ3n) is 4.92. The molecule has 0 saturated heterocycles. The molecule has 1 atom stereocenters. The SMILES string of the molecule is CC1=C(O[Si](C(C)C)(C(C)C)C(C)C)CCCC1N. The average Bonchev–Trinajstić information content (AvgIpc) is 2.29. The summed E-state index contributed by atoms with van der Waals surface area (Å²) in [6, 6.07) is 0.210. The van der Waals surface area contributed by atoms with E-state index >= 15 is 0 Å². The van der Waals surface area contributed by atoms with Gasteiger partial charge in [0.1, 0.15) is 0 Å². The first-order valence-corrected chi connectivity index (χ1v) is 10.0. The second-order valence-corrected chi connectivity index (χ2v) is 12.4. The van der Waals surface area contributed by atoms with E-state index in [0.717, 1.165) is 12.8 Å². The van der Waals surface area contributed by atoms with E-state index in [9.17, 15) is 0 Å². The highest BCUT2D eigenvalue weighted by Gasteiger charge is 2.47. The largest absolute Gasteiger partial charge is 0.546 e. The van der Waals surface area contributed by atoms with Gasteiger partial charge in [-0.2, -0.15) is 0 Å². The van der Waals surface area contributed by atoms with E-state index in [1.165, 1.54) is 17.8 Å². The summed E-state index contributed by atoms with van der Waals surface area (Å²) in [6.45, 7) is 16.2. The van der Waals surface area contributed by atoms with Crippen molar-refractivity contribution in [3.8, 4) is 0 Å². The molecule has 1 unspecified atom stereocenters. The van der Waals surface area contributed by atoms with E-state index in [0.29, 0.717) is 16.6 Å². The van der Waals surface area contributed by atoms with Crippen molar-refractivity contribution in [3.05, 3.63) is 11.3 Å². The lowest BCUT2D eigenvalue weighted by molar-refractivity contribution is 0.327. The minimum Gasteiger partial charge on any atom is -0.546 e. The van der Waals surface area contributed by atoms with Gasteiger partial charge in [0.15, 0.2) is 0 Å². The normalized spacial score (nSPS) is 21.7. The number of hydrogen-bond acceptors (Lipinski definition) is 2. The molecule has 1 aliphatic carbocycles. The molecule has 0 spiro atoms. The van der Waals surface area contributed by atoms with Crippen molar-refractivity contribution >= 4 is 8.32 Å². The van der Waals surface area contributed by atoms with Crippen LogP contribution in [0, 0.1) is 0 Å². The molecule has 1 rings (SSSR count). The third kappa shape index (κ3) is 3.25. The van der Waals surface area contributed by atoms with Crippen LogP contribution in [0.3, 0.4) is 0 Å². The molecule has 112 valence electrons. The van der Waals surface area contributed by atoms with Crippen LogP contribution in [0.1, 0.15) is 67.7 Å². The fourth-order valence-electron chi connectivity index (χ4n) is 3.80. The predicted molar refractivity (Wildman–Crippen MR) is 86.7 cm³/mol. The number of nitrogens with two attached hydrogens (primary N) is 1. The Morgan fingerprint density at radius 2 is 1.53 bits per heavy atom. The summed E-state index contributed by atoms with van der Waals surface area (Å²) in [5.41, 5.74) is 9.38. The first-order valence-electron chi connectivity index (χ1n) is 7.87. The molecule has 0 heterocycles. The zero-order valence-electron chi connectivity index (χ0n) is 13.9. The zero-order chi connectivity index (χ0) is 14.8. The topological polar surface area (TPSA) is 35.2 Å². The van der Waals surface area contributed by atoms with Crippen LogP contribution < -0.4 is 5.73 Å². The molecule has 0 radical (unpaired) electrons. The van der Waals surface area contributed by atoms with Gasteiger partial charge in [-0.25, -0.2) is 0 Å². The second-order valence-electron chi connectivity index (χ2n) is 7.02. The van der Waals surface area contributed by atoms with Crippen LogP contribution in [0.4, 0.5) is 0 Å². The predicted octanol–water partition coefficient (Wildman–Crippen LogP) is 4.96. The average molecular weight is 284 g/mol. The summed E-state index contributed by atoms with van der Waals surface area (Å²) >= 11 is 0. The van der Waals surface area contributed by atoms with E-state index in [4.69, 9.17) is 10.2 Å². The Kier molecular flexibility index (Phi) is 5.69. The van der Waals surface area contributed by atoms with Crippen molar-refractivity contribution in [1.29, 1.82) is 0 Å². The van der Waals surface area contributed by atoms with Crippen LogP contribution in [0.15, 0.2) is 11.3 Å². The number of rotatable bonds is 5. The Morgan fingerprint density at radius 3 is 1.95 bits per heavy atom. The summed E-state index contributed by atoms with van der Waals surface area (Å²) in [5.74, 6) is 1.22. The van der Waals surface area contributed by atoms with Crippen molar-refractivity contribution in [2.24, 2.45) is 5.73 Å². The van der Waals surface area contributed by atoms with Crippen LogP contribution in [0.25, 0.3) is 0 Å². The van der Waals surface area contributed by atoms with Crippen LogP contribution in [0.2, 0.25) is 16.6 Å². The van der Waals surface area contributed by atoms with Crippen molar-refractivity contribution in [2.45, 2.75) is 90.4 Å². The van der Waals surface area contributed by atoms with Crippen molar-refractivity contribution < 1.29 is 4.43 Å². The van der Waals surface area contributed by atoms with E-state index < -0.39 is 8.32 Å². The molecule has 0 amide bonds. The number of hydrogen-bond donors (Lipinski definition) is 1. The van der Waals surface area contributed by atoms with Gasteiger partial charge in [-0.3, -0.25) is 0 Å². The molecule has 0 saturated carbocycles. The fourth-order valence-corrected chi connectivity index (χ4v) is 9.20. The van der Waals surface area contributed by atoms with Gasteiger partial charge in [0.25, 0.3) is 8.32 Å². The molecule has 0 bridgehead atoms. The van der Waals surface area contributed by atoms with Crippen molar-refractivity contribution in [3.63, 3.8) is 0 Å². The monoisotopic (exact) mass is 283 g/mol. The van der Waals surface area contributed by atoms with Crippen molar-refractivity contribution in [1.82, 2.24) is 0 Å². The first-order chi connectivity index (χ1) is 8.73. The third-order valence-corrected chi connectivity index (χ3v) is 10.9. The standard InChI is InChI=1S/C16H33NOSi/c1-11(2)19(12(3)4,13(5)6)18-16-10-8-9-15(17)14(16)7/h11-13,15H,8-10,17H2,1-7H3. The Balaban J connectivity index is 3.11. The summed E-state index contributed by atoms with van der Waals surface area (Å²) in [6.07, 6.45) is 3.37. The Labute approximate surface area is 120 Å². The van der Waals surface area contributed by atoms with Gasteiger partial charge in [-0.05, 0) is 42.0 Å². The molecular weight excluding hydrogens is 250 g/mol. The van der Waals surface area contributed by atoms with Crippen LogP contribution in [0.5, 0.6) is 0 Å². The molecule has 0 aliphatic heterocycles. The van der Waals surface area contributed by atoms with E-state index in [1.807, 2.05) is 0 Å². The highest BCUT2D eigenvalue weighted by atomic mass is 28.4. The summed E-state index contributed by atoms with van der Waals surface area (Å²) in [5, 5.41) is 0. The summed E-state index contributed by atoms with van der Waals surface area (Å²) < 4.78 is 6.78. The molecular formula is C16H33NOSi. The number of allylic oxidation sites excluding steroid dienone is 1. The van der Waals surface area contributed by atoms with Gasteiger partial charge < -0.3 is 10.2 Å². The minimum atomic E-state index is -1.80. The van der Waals surface area contributed by atoms with Crippen LogP contribution in [-0.4, -0.2) is 14.4 Å². The first kappa shape index (κ1) is 16.8. The lowest BCUT2D eigenvalue weighted by Crippen LogP contribution is -2.48. The van der Waals surface area contributed by atoms with Gasteiger partial charge >= 0.3 is 0 Å². The highest BCUT2D eigenvalue weighted by Crippen LogP contribution is 2.45. The van der Waals surface area contributed by atoms with Gasteiger partial charge in [0, 0.05) is 12.5 Å². The quantitative estimate of drug-likeness (QED) is 0.723. The lowest BCUT2D eigenvalue weighted by atomic mass is 9.95. The molecule has 0 aromatic heterocycles. The summed E-state index contributed by atoms with van der Waals surface area (Å²) in [7, 11) is -1.80. The van der Waals surface area contributed by atoms with Crippen molar-refractivity contribution in [2.75, 3.05) is 0 Å². The Morgan fingerprint density at radius 1 is 1.05 bits per heavy atom. The molecule has 0 fully saturated rings. The maximum absolute atomic E-state index is 6.78. The zero-order valence-corrected chi connectivity index (χ0v) is 14.9. The Bertz CT molecular complexity index is 312. The van der Waals surface area contributed by atoms with Gasteiger partial charge in [0.2, 0.25) is 0 Å². The molecule has 3 heteroatoms. The highest BCUT2D eigenvalue weighted by molar-refractivity contribution is 6.77. The Hall–Kier alpha value is -0.283. The molecule has 2 N–H and O–H groups in total. The van der Waals surface area contributed by atoms with E-state index in [-0.39, 0.29) is 6.04 Å².